The lowest BCUT2D eigenvalue weighted by Gasteiger charge is -2.11. The maximum absolute atomic E-state index is 5.54. The van der Waals surface area contributed by atoms with Gasteiger partial charge in [0.15, 0.2) is 0 Å². The first-order chi connectivity index (χ1) is 9.15. The van der Waals surface area contributed by atoms with Gasteiger partial charge in [-0.3, -0.25) is 0 Å². The highest BCUT2D eigenvalue weighted by Gasteiger charge is 2.13. The van der Waals surface area contributed by atoms with Gasteiger partial charge in [0, 0.05) is 11.6 Å². The zero-order chi connectivity index (χ0) is 13.8. The summed E-state index contributed by atoms with van der Waals surface area (Å²) in [5.74, 6) is 1.39. The second-order valence-electron chi connectivity index (χ2n) is 3.81. The molecule has 0 fully saturated rings. The lowest BCUT2D eigenvalue weighted by molar-refractivity contribution is 0.395. The van der Waals surface area contributed by atoms with Crippen molar-refractivity contribution in [1.29, 1.82) is 0 Å². The van der Waals surface area contributed by atoms with Crippen LogP contribution in [0.25, 0.3) is 11.3 Å². The molecular formula is C12H14N4O2S. The predicted molar refractivity (Wildman–Crippen MR) is 75.3 cm³/mol. The normalized spacial score (nSPS) is 10.2. The van der Waals surface area contributed by atoms with E-state index in [0.717, 1.165) is 11.3 Å². The summed E-state index contributed by atoms with van der Waals surface area (Å²) in [6.07, 6.45) is 1.64. The summed E-state index contributed by atoms with van der Waals surface area (Å²) in [5, 5.41) is 7.84. The van der Waals surface area contributed by atoms with Crippen molar-refractivity contribution in [1.82, 2.24) is 15.0 Å². The first kappa shape index (κ1) is 13.3. The number of benzene rings is 1. The van der Waals surface area contributed by atoms with Gasteiger partial charge in [0.2, 0.25) is 0 Å². The van der Waals surface area contributed by atoms with E-state index in [-0.39, 0.29) is 0 Å². The summed E-state index contributed by atoms with van der Waals surface area (Å²) in [6, 6.07) is 5.52. The van der Waals surface area contributed by atoms with Gasteiger partial charge in [0.05, 0.1) is 37.6 Å². The molecule has 19 heavy (non-hydrogen) atoms. The fourth-order valence-corrected chi connectivity index (χ4v) is 1.86. The zero-order valence-electron chi connectivity index (χ0n) is 10.7. The number of methoxy groups -OCH3 is 2. The molecule has 0 saturated heterocycles. The second-order valence-corrected chi connectivity index (χ2v) is 4.33. The summed E-state index contributed by atoms with van der Waals surface area (Å²) in [6.45, 7) is 0.333. The number of aromatic nitrogens is 3. The van der Waals surface area contributed by atoms with Crippen LogP contribution in [0.15, 0.2) is 24.4 Å². The Balaban J connectivity index is 2.46. The van der Waals surface area contributed by atoms with Gasteiger partial charge in [-0.15, -0.1) is 5.10 Å². The molecule has 0 amide bonds. The van der Waals surface area contributed by atoms with Crippen LogP contribution in [-0.2, 0) is 6.54 Å². The van der Waals surface area contributed by atoms with E-state index in [9.17, 15) is 0 Å². The smallest absolute Gasteiger partial charge is 0.131 e. The topological polar surface area (TPSA) is 75.2 Å². The summed E-state index contributed by atoms with van der Waals surface area (Å²) in [4.78, 5) is 0.347. The van der Waals surface area contributed by atoms with Crippen LogP contribution in [0.2, 0.25) is 0 Å². The Hall–Kier alpha value is -2.15. The van der Waals surface area contributed by atoms with Gasteiger partial charge in [0.25, 0.3) is 0 Å². The number of nitrogens with zero attached hydrogens (tertiary/aromatic N) is 3. The van der Waals surface area contributed by atoms with Gasteiger partial charge in [-0.05, 0) is 12.1 Å². The molecular weight excluding hydrogens is 264 g/mol. The van der Waals surface area contributed by atoms with E-state index in [1.54, 1.807) is 31.2 Å². The van der Waals surface area contributed by atoms with Gasteiger partial charge in [0.1, 0.15) is 11.5 Å². The van der Waals surface area contributed by atoms with Crippen LogP contribution in [0.5, 0.6) is 11.5 Å². The van der Waals surface area contributed by atoms with Crippen LogP contribution in [0, 0.1) is 0 Å². The number of thiocarbonyl (C=S) groups is 1. The molecule has 0 aliphatic heterocycles. The van der Waals surface area contributed by atoms with Crippen LogP contribution in [0.1, 0.15) is 0 Å². The Morgan fingerprint density at radius 3 is 2.79 bits per heavy atom. The quantitative estimate of drug-likeness (QED) is 0.830. The second kappa shape index (κ2) is 5.66. The number of rotatable bonds is 5. The largest absolute Gasteiger partial charge is 0.497 e. The summed E-state index contributed by atoms with van der Waals surface area (Å²) in [5.41, 5.74) is 7.17. The minimum Gasteiger partial charge on any atom is -0.497 e. The molecule has 1 aromatic heterocycles. The van der Waals surface area contributed by atoms with Crippen LogP contribution in [-0.4, -0.2) is 34.2 Å². The molecule has 6 nitrogen and oxygen atoms in total. The standard InChI is InChI=1S/C12H14N4O2S/c1-17-8-3-4-9(11(5-8)18-2)10-6-14-15-16(10)7-12(13)19/h3-6H,7H2,1-2H3,(H2,13,19). The Bertz CT molecular complexity index is 597. The van der Waals surface area contributed by atoms with Gasteiger partial charge in [-0.1, -0.05) is 17.4 Å². The number of nitrogens with two attached hydrogens (primary N) is 1. The zero-order valence-corrected chi connectivity index (χ0v) is 11.5. The molecule has 0 aliphatic rings. The third kappa shape index (κ3) is 2.82. The summed E-state index contributed by atoms with van der Waals surface area (Å²) >= 11 is 4.89. The predicted octanol–water partition coefficient (Wildman–Crippen LogP) is 1.25. The maximum Gasteiger partial charge on any atom is 0.131 e. The first-order valence-corrected chi connectivity index (χ1v) is 5.95. The van der Waals surface area contributed by atoms with E-state index in [1.165, 1.54) is 0 Å². The van der Waals surface area contributed by atoms with Crippen molar-refractivity contribution in [3.8, 4) is 22.8 Å². The number of hydrogen-bond acceptors (Lipinski definition) is 5. The van der Waals surface area contributed by atoms with Gasteiger partial charge < -0.3 is 15.2 Å². The molecule has 100 valence electrons. The SMILES string of the molecule is COc1ccc(-c2cnnn2CC(N)=S)c(OC)c1. The molecule has 0 aliphatic carbocycles. The van der Waals surface area contributed by atoms with Crippen LogP contribution in [0.4, 0.5) is 0 Å². The van der Waals surface area contributed by atoms with Crippen molar-refractivity contribution < 1.29 is 9.47 Å². The Morgan fingerprint density at radius 1 is 1.37 bits per heavy atom. The van der Waals surface area contributed by atoms with E-state index < -0.39 is 0 Å². The average molecular weight is 278 g/mol. The van der Waals surface area contributed by atoms with Crippen molar-refractivity contribution >= 4 is 17.2 Å². The fourth-order valence-electron chi connectivity index (χ4n) is 1.74. The van der Waals surface area contributed by atoms with Gasteiger partial charge in [-0.25, -0.2) is 4.68 Å². The molecule has 1 heterocycles. The summed E-state index contributed by atoms with van der Waals surface area (Å²) in [7, 11) is 3.20. The van der Waals surface area contributed by atoms with Crippen LogP contribution in [0.3, 0.4) is 0 Å². The van der Waals surface area contributed by atoms with E-state index in [4.69, 9.17) is 27.4 Å². The Labute approximate surface area is 116 Å². The minimum absolute atomic E-state index is 0.333. The van der Waals surface area contributed by atoms with Gasteiger partial charge >= 0.3 is 0 Å². The van der Waals surface area contributed by atoms with Crippen LogP contribution < -0.4 is 15.2 Å². The highest BCUT2D eigenvalue weighted by atomic mass is 32.1. The van der Waals surface area contributed by atoms with E-state index in [1.807, 2.05) is 12.1 Å². The monoisotopic (exact) mass is 278 g/mol. The fraction of sp³-hybridized carbons (Fsp3) is 0.250. The molecule has 2 aromatic rings. The highest BCUT2D eigenvalue weighted by Crippen LogP contribution is 2.32. The maximum atomic E-state index is 5.54. The third-order valence-electron chi connectivity index (χ3n) is 2.61. The van der Waals surface area contributed by atoms with E-state index in [0.29, 0.717) is 23.0 Å². The minimum atomic E-state index is 0.333. The van der Waals surface area contributed by atoms with E-state index in [2.05, 4.69) is 10.3 Å². The van der Waals surface area contributed by atoms with Crippen molar-refractivity contribution in [2.24, 2.45) is 5.73 Å². The van der Waals surface area contributed by atoms with Crippen molar-refractivity contribution in [3.05, 3.63) is 24.4 Å². The van der Waals surface area contributed by atoms with Crippen LogP contribution >= 0.6 is 12.2 Å². The first-order valence-electron chi connectivity index (χ1n) is 5.55. The molecule has 2 rings (SSSR count). The Morgan fingerprint density at radius 2 is 2.16 bits per heavy atom. The molecule has 1 aromatic carbocycles. The molecule has 0 spiro atoms. The van der Waals surface area contributed by atoms with Gasteiger partial charge in [-0.2, -0.15) is 0 Å². The average Bonchev–Trinajstić information content (AvgIpc) is 2.85. The van der Waals surface area contributed by atoms with Crippen molar-refractivity contribution in [2.75, 3.05) is 14.2 Å². The van der Waals surface area contributed by atoms with Crippen molar-refractivity contribution in [2.45, 2.75) is 6.54 Å². The molecule has 0 bridgehead atoms. The number of hydrogen-bond donors (Lipinski definition) is 1. The number of ether oxygens (including phenoxy) is 2. The molecule has 7 heteroatoms. The molecule has 0 saturated carbocycles. The third-order valence-corrected chi connectivity index (χ3v) is 2.74. The molecule has 2 N–H and O–H groups in total. The summed E-state index contributed by atoms with van der Waals surface area (Å²) < 4.78 is 12.2. The van der Waals surface area contributed by atoms with Crippen molar-refractivity contribution in [3.63, 3.8) is 0 Å². The molecule has 0 unspecified atom stereocenters. The van der Waals surface area contributed by atoms with E-state index >= 15 is 0 Å². The molecule has 0 atom stereocenters. The lowest BCUT2D eigenvalue weighted by atomic mass is 10.1. The highest BCUT2D eigenvalue weighted by molar-refractivity contribution is 7.80. The Kier molecular flexibility index (Phi) is 3.96. The molecule has 0 radical (unpaired) electrons. The lowest BCUT2D eigenvalue weighted by Crippen LogP contribution is -2.18.